The van der Waals surface area contributed by atoms with Gasteiger partial charge in [-0.15, -0.1) is 0 Å². The van der Waals surface area contributed by atoms with E-state index in [1.165, 1.54) is 34.1 Å². The van der Waals surface area contributed by atoms with Crippen molar-refractivity contribution in [1.29, 1.82) is 5.26 Å². The standard InChI is InChI=1S/C16H18N2/c1-11-14(16(2,3)10-17)13-8-4-6-12-7-5-9-18(11)15(12)13/h4,6,8H,5,7,9H2,1-3H3. The van der Waals surface area contributed by atoms with Gasteiger partial charge in [-0.2, -0.15) is 5.26 Å². The van der Waals surface area contributed by atoms with E-state index in [-0.39, 0.29) is 0 Å². The van der Waals surface area contributed by atoms with E-state index in [0.29, 0.717) is 0 Å². The van der Waals surface area contributed by atoms with Crippen LogP contribution >= 0.6 is 0 Å². The Bertz CT molecular complexity index is 668. The van der Waals surface area contributed by atoms with E-state index >= 15 is 0 Å². The second-order valence-corrected chi connectivity index (χ2v) is 5.77. The zero-order chi connectivity index (χ0) is 12.9. The molecule has 0 saturated carbocycles. The van der Waals surface area contributed by atoms with E-state index in [4.69, 9.17) is 0 Å². The number of aryl methyl sites for hydroxylation is 2. The van der Waals surface area contributed by atoms with Crippen LogP contribution in [0, 0.1) is 18.3 Å². The minimum Gasteiger partial charge on any atom is -0.344 e. The first-order valence-electron chi connectivity index (χ1n) is 6.58. The number of benzene rings is 1. The smallest absolute Gasteiger partial charge is 0.0789 e. The SMILES string of the molecule is Cc1c(C(C)(C)C#N)c2cccc3c2n1CCC3. The number of hydrogen-bond acceptors (Lipinski definition) is 1. The zero-order valence-electron chi connectivity index (χ0n) is 11.2. The maximum atomic E-state index is 9.44. The van der Waals surface area contributed by atoms with Gasteiger partial charge in [0, 0.05) is 23.2 Å². The Morgan fingerprint density at radius 2 is 2.11 bits per heavy atom. The van der Waals surface area contributed by atoms with Crippen LogP contribution in [0.3, 0.4) is 0 Å². The van der Waals surface area contributed by atoms with E-state index < -0.39 is 5.41 Å². The number of aromatic nitrogens is 1. The van der Waals surface area contributed by atoms with Gasteiger partial charge in [0.15, 0.2) is 0 Å². The fourth-order valence-corrected chi connectivity index (χ4v) is 3.36. The van der Waals surface area contributed by atoms with Crippen molar-refractivity contribution in [2.45, 2.75) is 45.6 Å². The second kappa shape index (κ2) is 3.62. The van der Waals surface area contributed by atoms with Crippen LogP contribution in [0.25, 0.3) is 10.9 Å². The summed E-state index contributed by atoms with van der Waals surface area (Å²) >= 11 is 0. The lowest BCUT2D eigenvalue weighted by atomic mass is 9.84. The van der Waals surface area contributed by atoms with E-state index in [2.05, 4.69) is 35.8 Å². The van der Waals surface area contributed by atoms with Crippen LogP contribution in [0.2, 0.25) is 0 Å². The molecule has 2 aromatic rings. The monoisotopic (exact) mass is 238 g/mol. The van der Waals surface area contributed by atoms with Gasteiger partial charge in [0.25, 0.3) is 0 Å². The molecule has 2 heteroatoms. The van der Waals surface area contributed by atoms with Crippen molar-refractivity contribution in [3.05, 3.63) is 35.0 Å². The number of nitriles is 1. The van der Waals surface area contributed by atoms with Crippen molar-refractivity contribution >= 4 is 10.9 Å². The molecule has 1 aromatic heterocycles. The normalized spacial score (nSPS) is 14.8. The summed E-state index contributed by atoms with van der Waals surface area (Å²) < 4.78 is 2.41. The van der Waals surface area contributed by atoms with E-state index in [0.717, 1.165) is 13.0 Å². The number of hydrogen-bond donors (Lipinski definition) is 0. The van der Waals surface area contributed by atoms with Gasteiger partial charge >= 0.3 is 0 Å². The van der Waals surface area contributed by atoms with Crippen molar-refractivity contribution in [3.63, 3.8) is 0 Å². The maximum absolute atomic E-state index is 9.44. The highest BCUT2D eigenvalue weighted by atomic mass is 15.0. The van der Waals surface area contributed by atoms with E-state index in [9.17, 15) is 5.26 Å². The lowest BCUT2D eigenvalue weighted by Gasteiger charge is -2.17. The van der Waals surface area contributed by atoms with Crippen LogP contribution in [0.5, 0.6) is 0 Å². The number of nitrogens with zero attached hydrogens (tertiary/aromatic N) is 2. The van der Waals surface area contributed by atoms with Crippen LogP contribution in [0.15, 0.2) is 18.2 Å². The molecular formula is C16H18N2. The van der Waals surface area contributed by atoms with E-state index in [1.54, 1.807) is 0 Å². The Kier molecular flexibility index (Phi) is 2.28. The fourth-order valence-electron chi connectivity index (χ4n) is 3.36. The van der Waals surface area contributed by atoms with E-state index in [1.807, 2.05) is 13.8 Å². The van der Waals surface area contributed by atoms with Crippen LogP contribution in [-0.2, 0) is 18.4 Å². The Hall–Kier alpha value is -1.75. The first kappa shape index (κ1) is 11.3. The molecular weight excluding hydrogens is 220 g/mol. The van der Waals surface area contributed by atoms with Crippen LogP contribution < -0.4 is 0 Å². The van der Waals surface area contributed by atoms with Crippen molar-refractivity contribution in [1.82, 2.24) is 4.57 Å². The molecule has 1 aliphatic heterocycles. The molecule has 18 heavy (non-hydrogen) atoms. The third kappa shape index (κ3) is 1.34. The third-order valence-corrected chi connectivity index (χ3v) is 4.16. The Morgan fingerprint density at radius 3 is 2.83 bits per heavy atom. The van der Waals surface area contributed by atoms with Gasteiger partial charge in [-0.3, -0.25) is 0 Å². The predicted octanol–water partition coefficient (Wildman–Crippen LogP) is 3.70. The quantitative estimate of drug-likeness (QED) is 0.744. The molecule has 0 spiro atoms. The second-order valence-electron chi connectivity index (χ2n) is 5.77. The molecule has 0 aliphatic carbocycles. The molecule has 0 radical (unpaired) electrons. The van der Waals surface area contributed by atoms with Gasteiger partial charge in [-0.1, -0.05) is 18.2 Å². The lowest BCUT2D eigenvalue weighted by molar-refractivity contribution is 0.609. The van der Waals surface area contributed by atoms with Crippen LogP contribution in [0.4, 0.5) is 0 Å². The molecule has 2 heterocycles. The van der Waals surface area contributed by atoms with Crippen LogP contribution in [-0.4, -0.2) is 4.57 Å². The van der Waals surface area contributed by atoms with Crippen molar-refractivity contribution < 1.29 is 0 Å². The highest BCUT2D eigenvalue weighted by Crippen LogP contribution is 2.38. The molecule has 0 fully saturated rings. The summed E-state index contributed by atoms with van der Waals surface area (Å²) in [6.45, 7) is 7.28. The van der Waals surface area contributed by atoms with Gasteiger partial charge in [0.1, 0.15) is 0 Å². The average Bonchev–Trinajstić information content (AvgIpc) is 2.66. The minimum atomic E-state index is -0.420. The first-order valence-corrected chi connectivity index (χ1v) is 6.58. The fraction of sp³-hybridized carbons (Fsp3) is 0.438. The molecule has 0 N–H and O–H groups in total. The average molecular weight is 238 g/mol. The van der Waals surface area contributed by atoms with Gasteiger partial charge < -0.3 is 4.57 Å². The molecule has 0 saturated heterocycles. The highest BCUT2D eigenvalue weighted by molar-refractivity contribution is 5.90. The summed E-state index contributed by atoms with van der Waals surface area (Å²) in [5, 5.41) is 10.7. The number of rotatable bonds is 1. The van der Waals surface area contributed by atoms with Crippen molar-refractivity contribution in [3.8, 4) is 6.07 Å². The molecule has 92 valence electrons. The molecule has 0 unspecified atom stereocenters. The van der Waals surface area contributed by atoms with Crippen LogP contribution in [0.1, 0.15) is 37.1 Å². The number of para-hydroxylation sites is 1. The molecule has 0 atom stereocenters. The molecule has 2 nitrogen and oxygen atoms in total. The summed E-state index contributed by atoms with van der Waals surface area (Å²) in [7, 11) is 0. The summed E-state index contributed by atoms with van der Waals surface area (Å²) in [4.78, 5) is 0. The summed E-state index contributed by atoms with van der Waals surface area (Å²) in [5.74, 6) is 0. The molecule has 1 aliphatic rings. The summed E-state index contributed by atoms with van der Waals surface area (Å²) in [5.41, 5.74) is 4.85. The van der Waals surface area contributed by atoms with Crippen molar-refractivity contribution in [2.24, 2.45) is 0 Å². The largest absolute Gasteiger partial charge is 0.344 e. The van der Waals surface area contributed by atoms with Gasteiger partial charge in [-0.05, 0) is 39.2 Å². The molecule has 0 amide bonds. The Labute approximate surface area is 108 Å². The summed E-state index contributed by atoms with van der Waals surface area (Å²) in [6, 6.07) is 8.97. The highest BCUT2D eigenvalue weighted by Gasteiger charge is 2.29. The zero-order valence-corrected chi connectivity index (χ0v) is 11.2. The Morgan fingerprint density at radius 1 is 1.33 bits per heavy atom. The Balaban J connectivity index is 2.46. The van der Waals surface area contributed by atoms with Gasteiger partial charge in [0.05, 0.1) is 17.0 Å². The van der Waals surface area contributed by atoms with Gasteiger partial charge in [0.2, 0.25) is 0 Å². The molecule has 0 bridgehead atoms. The first-order chi connectivity index (χ1) is 8.56. The molecule has 1 aromatic carbocycles. The topological polar surface area (TPSA) is 28.7 Å². The summed E-state index contributed by atoms with van der Waals surface area (Å²) in [6.07, 6.45) is 2.36. The maximum Gasteiger partial charge on any atom is 0.0789 e. The molecule has 3 rings (SSSR count). The van der Waals surface area contributed by atoms with Gasteiger partial charge in [-0.25, -0.2) is 0 Å². The predicted molar refractivity (Wildman–Crippen MR) is 73.6 cm³/mol. The lowest BCUT2D eigenvalue weighted by Crippen LogP contribution is -2.16. The van der Waals surface area contributed by atoms with Crippen molar-refractivity contribution in [2.75, 3.05) is 0 Å². The minimum absolute atomic E-state index is 0.420. The third-order valence-electron chi connectivity index (χ3n) is 4.16.